The maximum atomic E-state index is 12.5. The Morgan fingerprint density at radius 2 is 2.18 bits per heavy atom. The third-order valence-corrected chi connectivity index (χ3v) is 3.74. The van der Waals surface area contributed by atoms with Crippen LogP contribution >= 0.6 is 12.4 Å². The van der Waals surface area contributed by atoms with Crippen molar-refractivity contribution in [2.24, 2.45) is 0 Å². The minimum atomic E-state index is -0.306. The van der Waals surface area contributed by atoms with Crippen LogP contribution in [0.5, 0.6) is 0 Å². The molecule has 1 unspecified atom stereocenters. The van der Waals surface area contributed by atoms with E-state index in [4.69, 9.17) is 0 Å². The quantitative estimate of drug-likeness (QED) is 0.845. The molecular formula is C15H19ClN4O2. The van der Waals surface area contributed by atoms with E-state index in [0.29, 0.717) is 18.7 Å². The molecule has 1 N–H and O–H groups in total. The van der Waals surface area contributed by atoms with Crippen LogP contribution in [0.2, 0.25) is 0 Å². The lowest BCUT2D eigenvalue weighted by molar-refractivity contribution is 0.0706. The Morgan fingerprint density at radius 1 is 1.41 bits per heavy atom. The van der Waals surface area contributed by atoms with Crippen molar-refractivity contribution in [2.45, 2.75) is 19.9 Å². The van der Waals surface area contributed by atoms with Crippen molar-refractivity contribution < 1.29 is 4.79 Å². The maximum absolute atomic E-state index is 12.5. The van der Waals surface area contributed by atoms with Gasteiger partial charge in [0.25, 0.3) is 11.5 Å². The summed E-state index contributed by atoms with van der Waals surface area (Å²) in [6, 6.07) is 3.90. The van der Waals surface area contributed by atoms with Gasteiger partial charge in [0.1, 0.15) is 11.2 Å². The van der Waals surface area contributed by atoms with Gasteiger partial charge in [-0.3, -0.25) is 14.0 Å². The molecule has 2 aromatic rings. The molecule has 22 heavy (non-hydrogen) atoms. The maximum Gasteiger partial charge on any atom is 0.270 e. The lowest BCUT2D eigenvalue weighted by atomic mass is 10.2. The molecule has 7 heteroatoms. The summed E-state index contributed by atoms with van der Waals surface area (Å²) >= 11 is 0. The lowest BCUT2D eigenvalue weighted by Crippen LogP contribution is -2.52. The third kappa shape index (κ3) is 2.98. The molecule has 6 nitrogen and oxygen atoms in total. The number of carbonyl (C=O) groups is 1. The Morgan fingerprint density at radius 3 is 2.91 bits per heavy atom. The zero-order chi connectivity index (χ0) is 15.0. The van der Waals surface area contributed by atoms with Crippen molar-refractivity contribution in [3.63, 3.8) is 0 Å². The number of rotatable bonds is 1. The summed E-state index contributed by atoms with van der Waals surface area (Å²) in [4.78, 5) is 31.0. The fraction of sp³-hybridized carbons (Fsp3) is 0.400. The van der Waals surface area contributed by atoms with Crippen LogP contribution in [-0.2, 0) is 0 Å². The molecule has 0 radical (unpaired) electrons. The highest BCUT2D eigenvalue weighted by molar-refractivity contribution is 5.93. The zero-order valence-electron chi connectivity index (χ0n) is 12.6. The normalized spacial score (nSPS) is 18.1. The van der Waals surface area contributed by atoms with Crippen LogP contribution in [0.1, 0.15) is 22.8 Å². The first-order valence-corrected chi connectivity index (χ1v) is 7.07. The molecular weight excluding hydrogens is 304 g/mol. The summed E-state index contributed by atoms with van der Waals surface area (Å²) in [5, 5.41) is 3.28. The standard InChI is InChI=1S/C15H18N4O2.ClH/c1-10-3-4-13-17-7-12(15(21)19(13)8-10)14(20)18-6-5-16-11(2)9-18;/h3-4,7-8,11,16H,5-6,9H2,1-2H3;1H. The summed E-state index contributed by atoms with van der Waals surface area (Å²) in [7, 11) is 0. The van der Waals surface area contributed by atoms with Gasteiger partial charge in [-0.2, -0.15) is 0 Å². The Hall–Kier alpha value is -1.92. The molecule has 3 heterocycles. The van der Waals surface area contributed by atoms with Crippen LogP contribution in [0.3, 0.4) is 0 Å². The smallest absolute Gasteiger partial charge is 0.270 e. The number of pyridine rings is 1. The molecule has 1 saturated heterocycles. The number of hydrogen-bond acceptors (Lipinski definition) is 4. The molecule has 0 saturated carbocycles. The average Bonchev–Trinajstić information content (AvgIpc) is 2.47. The summed E-state index contributed by atoms with van der Waals surface area (Å²) < 4.78 is 1.44. The number of aryl methyl sites for hydroxylation is 1. The first-order valence-electron chi connectivity index (χ1n) is 7.07. The van der Waals surface area contributed by atoms with Gasteiger partial charge in [0, 0.05) is 38.1 Å². The zero-order valence-corrected chi connectivity index (χ0v) is 13.4. The summed E-state index contributed by atoms with van der Waals surface area (Å²) in [5.74, 6) is -0.239. The number of aromatic nitrogens is 2. The molecule has 118 valence electrons. The van der Waals surface area contributed by atoms with Crippen molar-refractivity contribution in [3.8, 4) is 0 Å². The van der Waals surface area contributed by atoms with E-state index in [1.54, 1.807) is 17.2 Å². The van der Waals surface area contributed by atoms with Crippen LogP contribution in [0.25, 0.3) is 5.65 Å². The highest BCUT2D eigenvalue weighted by atomic mass is 35.5. The molecule has 1 aliphatic heterocycles. The van der Waals surface area contributed by atoms with E-state index in [1.807, 2.05) is 19.9 Å². The van der Waals surface area contributed by atoms with Crippen molar-refractivity contribution in [3.05, 3.63) is 46.0 Å². The number of hydrogen-bond donors (Lipinski definition) is 1. The molecule has 0 bridgehead atoms. The van der Waals surface area contributed by atoms with Crippen molar-refractivity contribution in [1.29, 1.82) is 0 Å². The fourth-order valence-corrected chi connectivity index (χ4v) is 2.62. The molecule has 0 spiro atoms. The predicted molar refractivity (Wildman–Crippen MR) is 86.8 cm³/mol. The molecule has 0 aliphatic carbocycles. The molecule has 3 rings (SSSR count). The monoisotopic (exact) mass is 322 g/mol. The van der Waals surface area contributed by atoms with Gasteiger partial charge in [0.05, 0.1) is 0 Å². The van der Waals surface area contributed by atoms with Gasteiger partial charge in [0.2, 0.25) is 0 Å². The van der Waals surface area contributed by atoms with Crippen molar-refractivity contribution in [1.82, 2.24) is 19.6 Å². The van der Waals surface area contributed by atoms with Gasteiger partial charge >= 0.3 is 0 Å². The highest BCUT2D eigenvalue weighted by Crippen LogP contribution is 2.06. The first-order chi connectivity index (χ1) is 10.1. The predicted octanol–water partition coefficient (Wildman–Crippen LogP) is 0.859. The van der Waals surface area contributed by atoms with E-state index in [1.165, 1.54) is 10.6 Å². The average molecular weight is 323 g/mol. The minimum absolute atomic E-state index is 0. The summed E-state index contributed by atoms with van der Waals surface area (Å²) in [6.45, 7) is 5.88. The van der Waals surface area contributed by atoms with Gasteiger partial charge < -0.3 is 10.2 Å². The highest BCUT2D eigenvalue weighted by Gasteiger charge is 2.24. The first kappa shape index (κ1) is 16.5. The van der Waals surface area contributed by atoms with Gasteiger partial charge in [-0.05, 0) is 25.5 Å². The number of piperazine rings is 1. The van der Waals surface area contributed by atoms with Crippen LogP contribution in [0.4, 0.5) is 0 Å². The van der Waals surface area contributed by atoms with Gasteiger partial charge in [0.15, 0.2) is 0 Å². The molecule has 2 aromatic heterocycles. The molecule has 1 aliphatic rings. The van der Waals surface area contributed by atoms with Crippen LogP contribution < -0.4 is 10.9 Å². The van der Waals surface area contributed by atoms with E-state index in [0.717, 1.165) is 12.1 Å². The van der Waals surface area contributed by atoms with Gasteiger partial charge in [-0.15, -0.1) is 12.4 Å². The van der Waals surface area contributed by atoms with Crippen LogP contribution in [-0.4, -0.2) is 45.9 Å². The van der Waals surface area contributed by atoms with Crippen molar-refractivity contribution >= 4 is 24.0 Å². The molecule has 1 fully saturated rings. The molecule has 1 atom stereocenters. The molecule has 1 amide bonds. The van der Waals surface area contributed by atoms with Gasteiger partial charge in [-0.25, -0.2) is 4.98 Å². The summed E-state index contributed by atoms with van der Waals surface area (Å²) in [5.41, 5.74) is 1.33. The second-order valence-corrected chi connectivity index (χ2v) is 5.52. The number of carbonyl (C=O) groups excluding carboxylic acids is 1. The number of amides is 1. The summed E-state index contributed by atoms with van der Waals surface area (Å²) in [6.07, 6.45) is 3.10. The number of nitrogens with one attached hydrogen (secondary N) is 1. The Balaban J connectivity index is 0.00000176. The SMILES string of the molecule is Cc1ccc2ncc(C(=O)N3CCNC(C)C3)c(=O)n2c1.Cl. The second-order valence-electron chi connectivity index (χ2n) is 5.52. The van der Waals surface area contributed by atoms with E-state index in [9.17, 15) is 9.59 Å². The van der Waals surface area contributed by atoms with E-state index < -0.39 is 0 Å². The largest absolute Gasteiger partial charge is 0.336 e. The van der Waals surface area contributed by atoms with Crippen LogP contribution in [0.15, 0.2) is 29.3 Å². The topological polar surface area (TPSA) is 66.7 Å². The second kappa shape index (κ2) is 6.46. The number of halogens is 1. The Bertz CT molecular complexity index is 759. The van der Waals surface area contributed by atoms with Gasteiger partial charge in [-0.1, -0.05) is 6.07 Å². The lowest BCUT2D eigenvalue weighted by Gasteiger charge is -2.31. The number of fused-ring (bicyclic) bond motifs is 1. The van der Waals surface area contributed by atoms with Crippen molar-refractivity contribution in [2.75, 3.05) is 19.6 Å². The minimum Gasteiger partial charge on any atom is -0.336 e. The third-order valence-electron chi connectivity index (χ3n) is 3.74. The fourth-order valence-electron chi connectivity index (χ4n) is 2.62. The van der Waals surface area contributed by atoms with E-state index in [2.05, 4.69) is 10.3 Å². The Labute approximate surface area is 134 Å². The Kier molecular flexibility index (Phi) is 4.83. The van der Waals surface area contributed by atoms with Crippen LogP contribution in [0, 0.1) is 6.92 Å². The molecule has 0 aromatic carbocycles. The van der Waals surface area contributed by atoms with E-state index >= 15 is 0 Å². The van der Waals surface area contributed by atoms with E-state index in [-0.39, 0.29) is 35.5 Å². The number of nitrogens with zero attached hydrogens (tertiary/aromatic N) is 3.